The Hall–Kier alpha value is -1.35. The maximum absolute atomic E-state index is 11.8. The molecular formula is C15H24N2O. The van der Waals surface area contributed by atoms with Crippen molar-refractivity contribution in [3.63, 3.8) is 0 Å². The first kappa shape index (κ1) is 14.7. The molecule has 1 amide bonds. The molecule has 3 nitrogen and oxygen atoms in total. The predicted octanol–water partition coefficient (Wildman–Crippen LogP) is 2.03. The van der Waals surface area contributed by atoms with E-state index >= 15 is 0 Å². The van der Waals surface area contributed by atoms with Gasteiger partial charge in [-0.2, -0.15) is 0 Å². The van der Waals surface area contributed by atoms with Gasteiger partial charge in [0.25, 0.3) is 0 Å². The molecule has 3 N–H and O–H groups in total. The van der Waals surface area contributed by atoms with Crippen LogP contribution in [0, 0.1) is 12.8 Å². The van der Waals surface area contributed by atoms with Crippen molar-refractivity contribution in [3.8, 4) is 0 Å². The SMILES string of the molecule is CCC(C)C(N)C(=O)NCCc1ccccc1C. The van der Waals surface area contributed by atoms with Crippen LogP contribution >= 0.6 is 0 Å². The van der Waals surface area contributed by atoms with E-state index in [1.807, 2.05) is 26.0 Å². The summed E-state index contributed by atoms with van der Waals surface area (Å²) in [6.45, 7) is 6.78. The molecule has 0 bridgehead atoms. The zero-order valence-electron chi connectivity index (χ0n) is 11.6. The molecule has 0 radical (unpaired) electrons. The number of carbonyl (C=O) groups is 1. The van der Waals surface area contributed by atoms with Crippen LogP contribution in [0.4, 0.5) is 0 Å². The van der Waals surface area contributed by atoms with Crippen LogP contribution in [0.15, 0.2) is 24.3 Å². The summed E-state index contributed by atoms with van der Waals surface area (Å²) >= 11 is 0. The molecule has 0 saturated carbocycles. The van der Waals surface area contributed by atoms with Crippen molar-refractivity contribution in [1.82, 2.24) is 5.32 Å². The fraction of sp³-hybridized carbons (Fsp3) is 0.533. The maximum Gasteiger partial charge on any atom is 0.237 e. The van der Waals surface area contributed by atoms with Gasteiger partial charge in [0.05, 0.1) is 6.04 Å². The lowest BCUT2D eigenvalue weighted by molar-refractivity contribution is -0.123. The fourth-order valence-electron chi connectivity index (χ4n) is 1.84. The second-order valence-corrected chi connectivity index (χ2v) is 4.88. The normalized spacial score (nSPS) is 14.0. The minimum Gasteiger partial charge on any atom is -0.354 e. The Morgan fingerprint density at radius 1 is 1.39 bits per heavy atom. The molecule has 1 aromatic rings. The van der Waals surface area contributed by atoms with Crippen LogP contribution in [-0.4, -0.2) is 18.5 Å². The second-order valence-electron chi connectivity index (χ2n) is 4.88. The van der Waals surface area contributed by atoms with Crippen molar-refractivity contribution in [2.24, 2.45) is 11.7 Å². The monoisotopic (exact) mass is 248 g/mol. The quantitative estimate of drug-likeness (QED) is 0.809. The Balaban J connectivity index is 2.38. The summed E-state index contributed by atoms with van der Waals surface area (Å²) < 4.78 is 0. The van der Waals surface area contributed by atoms with Crippen LogP contribution in [0.3, 0.4) is 0 Å². The molecule has 0 fully saturated rings. The summed E-state index contributed by atoms with van der Waals surface area (Å²) in [5.74, 6) is 0.182. The van der Waals surface area contributed by atoms with Gasteiger partial charge in [-0.1, -0.05) is 44.5 Å². The van der Waals surface area contributed by atoms with Crippen LogP contribution in [0.1, 0.15) is 31.4 Å². The van der Waals surface area contributed by atoms with E-state index in [-0.39, 0.29) is 11.8 Å². The summed E-state index contributed by atoms with van der Waals surface area (Å²) in [7, 11) is 0. The molecule has 18 heavy (non-hydrogen) atoms. The molecule has 2 atom stereocenters. The van der Waals surface area contributed by atoms with Crippen LogP contribution in [0.25, 0.3) is 0 Å². The maximum atomic E-state index is 11.8. The lowest BCUT2D eigenvalue weighted by Gasteiger charge is -2.17. The standard InChI is InChI=1S/C15H24N2O/c1-4-11(2)14(16)15(18)17-10-9-13-8-6-5-7-12(13)3/h5-8,11,14H,4,9-10,16H2,1-3H3,(H,17,18). The van der Waals surface area contributed by atoms with Gasteiger partial charge in [0.2, 0.25) is 5.91 Å². The van der Waals surface area contributed by atoms with Gasteiger partial charge in [0.15, 0.2) is 0 Å². The number of nitrogens with one attached hydrogen (secondary N) is 1. The van der Waals surface area contributed by atoms with Gasteiger partial charge >= 0.3 is 0 Å². The molecule has 0 spiro atoms. The first-order chi connectivity index (χ1) is 8.56. The third-order valence-electron chi connectivity index (χ3n) is 3.51. The third-order valence-corrected chi connectivity index (χ3v) is 3.51. The van der Waals surface area contributed by atoms with Crippen molar-refractivity contribution < 1.29 is 4.79 Å². The molecule has 100 valence electrons. The highest BCUT2D eigenvalue weighted by atomic mass is 16.2. The number of amides is 1. The van der Waals surface area contributed by atoms with Gasteiger partial charge in [-0.15, -0.1) is 0 Å². The number of aryl methyl sites for hydroxylation is 1. The molecule has 0 aliphatic rings. The van der Waals surface area contributed by atoms with Crippen molar-refractivity contribution in [1.29, 1.82) is 0 Å². The smallest absolute Gasteiger partial charge is 0.237 e. The van der Waals surface area contributed by atoms with E-state index < -0.39 is 6.04 Å². The Morgan fingerprint density at radius 2 is 2.06 bits per heavy atom. The zero-order valence-corrected chi connectivity index (χ0v) is 11.6. The predicted molar refractivity (Wildman–Crippen MR) is 75.3 cm³/mol. The van der Waals surface area contributed by atoms with E-state index in [4.69, 9.17) is 5.73 Å². The van der Waals surface area contributed by atoms with E-state index in [2.05, 4.69) is 24.4 Å². The molecule has 0 aromatic heterocycles. The Labute approximate surface area is 110 Å². The number of nitrogens with two attached hydrogens (primary N) is 1. The Bertz CT molecular complexity index is 390. The fourth-order valence-corrected chi connectivity index (χ4v) is 1.84. The Morgan fingerprint density at radius 3 is 2.67 bits per heavy atom. The largest absolute Gasteiger partial charge is 0.354 e. The molecule has 0 heterocycles. The van der Waals surface area contributed by atoms with Crippen molar-refractivity contribution in [2.45, 2.75) is 39.7 Å². The Kier molecular flexibility index (Phi) is 5.86. The summed E-state index contributed by atoms with van der Waals surface area (Å²) in [6.07, 6.45) is 1.78. The lowest BCUT2D eigenvalue weighted by Crippen LogP contribution is -2.45. The van der Waals surface area contributed by atoms with E-state index in [1.165, 1.54) is 11.1 Å². The lowest BCUT2D eigenvalue weighted by atomic mass is 9.99. The highest BCUT2D eigenvalue weighted by molar-refractivity contribution is 5.81. The van der Waals surface area contributed by atoms with Crippen LogP contribution < -0.4 is 11.1 Å². The molecule has 1 aromatic carbocycles. The molecule has 0 saturated heterocycles. The second kappa shape index (κ2) is 7.17. The van der Waals surface area contributed by atoms with E-state index in [1.54, 1.807) is 0 Å². The highest BCUT2D eigenvalue weighted by Crippen LogP contribution is 2.07. The minimum atomic E-state index is -0.396. The summed E-state index contributed by atoms with van der Waals surface area (Å²) in [5, 5.41) is 2.91. The number of hydrogen-bond donors (Lipinski definition) is 2. The topological polar surface area (TPSA) is 55.1 Å². The molecule has 0 aliphatic heterocycles. The van der Waals surface area contributed by atoms with Crippen molar-refractivity contribution in [2.75, 3.05) is 6.54 Å². The minimum absolute atomic E-state index is 0.0436. The summed E-state index contributed by atoms with van der Waals surface area (Å²) in [5.41, 5.74) is 8.40. The number of carbonyl (C=O) groups excluding carboxylic acids is 1. The van der Waals surface area contributed by atoms with E-state index in [0.29, 0.717) is 6.54 Å². The van der Waals surface area contributed by atoms with Crippen molar-refractivity contribution >= 4 is 5.91 Å². The van der Waals surface area contributed by atoms with Gasteiger partial charge in [-0.25, -0.2) is 0 Å². The number of rotatable bonds is 6. The van der Waals surface area contributed by atoms with Gasteiger partial charge < -0.3 is 11.1 Å². The summed E-state index contributed by atoms with van der Waals surface area (Å²) in [6, 6.07) is 7.83. The van der Waals surface area contributed by atoms with Crippen LogP contribution in [0.5, 0.6) is 0 Å². The first-order valence-corrected chi connectivity index (χ1v) is 6.64. The zero-order chi connectivity index (χ0) is 13.5. The third kappa shape index (κ3) is 4.15. The first-order valence-electron chi connectivity index (χ1n) is 6.64. The average Bonchev–Trinajstić information content (AvgIpc) is 2.39. The molecular weight excluding hydrogens is 224 g/mol. The molecule has 2 unspecified atom stereocenters. The molecule has 0 aliphatic carbocycles. The van der Waals surface area contributed by atoms with Crippen LogP contribution in [0.2, 0.25) is 0 Å². The summed E-state index contributed by atoms with van der Waals surface area (Å²) in [4.78, 5) is 11.8. The van der Waals surface area contributed by atoms with E-state index in [0.717, 1.165) is 12.8 Å². The number of benzene rings is 1. The van der Waals surface area contributed by atoms with Crippen molar-refractivity contribution in [3.05, 3.63) is 35.4 Å². The molecule has 1 rings (SSSR count). The van der Waals surface area contributed by atoms with Gasteiger partial charge in [-0.3, -0.25) is 4.79 Å². The van der Waals surface area contributed by atoms with Gasteiger partial charge in [0, 0.05) is 6.54 Å². The van der Waals surface area contributed by atoms with Gasteiger partial charge in [0.1, 0.15) is 0 Å². The highest BCUT2D eigenvalue weighted by Gasteiger charge is 2.18. The van der Waals surface area contributed by atoms with E-state index in [9.17, 15) is 4.79 Å². The number of hydrogen-bond acceptors (Lipinski definition) is 2. The van der Waals surface area contributed by atoms with Crippen LogP contribution in [-0.2, 0) is 11.2 Å². The molecule has 3 heteroatoms. The van der Waals surface area contributed by atoms with Gasteiger partial charge in [-0.05, 0) is 30.4 Å². The average molecular weight is 248 g/mol.